The normalized spacial score (nSPS) is 15.6. The second kappa shape index (κ2) is 4.49. The van der Waals surface area contributed by atoms with Crippen molar-refractivity contribution in [3.8, 4) is 0 Å². The molecule has 0 atom stereocenters. The van der Waals surface area contributed by atoms with Crippen LogP contribution in [0.1, 0.15) is 32.0 Å². The Kier molecular flexibility index (Phi) is 2.85. The minimum absolute atomic E-state index is 0.741. The molecule has 17 heavy (non-hydrogen) atoms. The number of hydrogen-bond acceptors (Lipinski definition) is 2. The molecule has 0 amide bonds. The summed E-state index contributed by atoms with van der Waals surface area (Å²) in [5.74, 6) is 1.18. The zero-order chi connectivity index (χ0) is 11.7. The van der Waals surface area contributed by atoms with Crippen molar-refractivity contribution in [2.45, 2.75) is 45.3 Å². The fourth-order valence-electron chi connectivity index (χ4n) is 2.26. The smallest absolute Gasteiger partial charge is 0.123 e. The molecule has 2 aromatic rings. The molecule has 1 aromatic carbocycles. The first-order valence-corrected chi connectivity index (χ1v) is 6.56. The number of hydrogen-bond donors (Lipinski definition) is 1. The molecule has 0 aliphatic heterocycles. The fourth-order valence-corrected chi connectivity index (χ4v) is 2.26. The molecular weight excluding hydrogens is 210 g/mol. The van der Waals surface area contributed by atoms with E-state index in [1.54, 1.807) is 0 Å². The van der Waals surface area contributed by atoms with Gasteiger partial charge in [-0.2, -0.15) is 0 Å². The van der Waals surface area contributed by atoms with E-state index in [2.05, 4.69) is 41.1 Å². The second-order valence-electron chi connectivity index (χ2n) is 4.82. The summed E-state index contributed by atoms with van der Waals surface area (Å²) >= 11 is 0. The minimum atomic E-state index is 0.741. The van der Waals surface area contributed by atoms with Gasteiger partial charge in [0, 0.05) is 12.6 Å². The number of para-hydroxylation sites is 2. The van der Waals surface area contributed by atoms with E-state index in [0.29, 0.717) is 0 Å². The number of nitrogens with one attached hydrogen (secondary N) is 1. The molecule has 1 aliphatic rings. The average molecular weight is 229 g/mol. The van der Waals surface area contributed by atoms with Crippen LogP contribution < -0.4 is 5.32 Å². The van der Waals surface area contributed by atoms with E-state index in [4.69, 9.17) is 4.98 Å². The number of nitrogens with zero attached hydrogens (tertiary/aromatic N) is 2. The lowest BCUT2D eigenvalue weighted by molar-refractivity contribution is 0.596. The van der Waals surface area contributed by atoms with Gasteiger partial charge in [-0.15, -0.1) is 0 Å². The predicted molar refractivity (Wildman–Crippen MR) is 69.9 cm³/mol. The highest BCUT2D eigenvalue weighted by Crippen LogP contribution is 2.21. The Morgan fingerprint density at radius 2 is 2.18 bits per heavy atom. The maximum absolute atomic E-state index is 4.73. The van der Waals surface area contributed by atoms with Gasteiger partial charge in [0.2, 0.25) is 0 Å². The molecule has 1 N–H and O–H groups in total. The number of aromatic nitrogens is 2. The summed E-state index contributed by atoms with van der Waals surface area (Å²) in [7, 11) is 0. The number of rotatable bonds is 5. The maximum atomic E-state index is 4.73. The van der Waals surface area contributed by atoms with Crippen LogP contribution in [-0.2, 0) is 13.1 Å². The zero-order valence-electron chi connectivity index (χ0n) is 10.3. The van der Waals surface area contributed by atoms with E-state index >= 15 is 0 Å². The highest BCUT2D eigenvalue weighted by molar-refractivity contribution is 5.75. The molecule has 0 saturated heterocycles. The predicted octanol–water partition coefficient (Wildman–Crippen LogP) is 2.70. The highest BCUT2D eigenvalue weighted by Gasteiger charge is 2.21. The van der Waals surface area contributed by atoms with Crippen LogP contribution in [0.5, 0.6) is 0 Å². The number of benzene rings is 1. The van der Waals surface area contributed by atoms with E-state index in [-0.39, 0.29) is 0 Å². The summed E-state index contributed by atoms with van der Waals surface area (Å²) in [6, 6.07) is 9.16. The molecule has 0 radical (unpaired) electrons. The van der Waals surface area contributed by atoms with E-state index < -0.39 is 0 Å². The Labute approximate surface area is 102 Å². The third-order valence-electron chi connectivity index (χ3n) is 3.31. The average Bonchev–Trinajstić information content (AvgIpc) is 3.11. The van der Waals surface area contributed by atoms with Crippen LogP contribution in [-0.4, -0.2) is 15.6 Å². The topological polar surface area (TPSA) is 29.9 Å². The molecule has 3 rings (SSSR count). The van der Waals surface area contributed by atoms with Crippen LogP contribution in [0.3, 0.4) is 0 Å². The molecule has 1 aliphatic carbocycles. The van der Waals surface area contributed by atoms with Crippen molar-refractivity contribution in [2.24, 2.45) is 0 Å². The molecule has 90 valence electrons. The zero-order valence-corrected chi connectivity index (χ0v) is 10.3. The van der Waals surface area contributed by atoms with Gasteiger partial charge in [-0.05, 0) is 31.4 Å². The quantitative estimate of drug-likeness (QED) is 0.854. The van der Waals surface area contributed by atoms with Gasteiger partial charge in [-0.25, -0.2) is 4.98 Å². The Balaban J connectivity index is 1.92. The molecule has 1 saturated carbocycles. The summed E-state index contributed by atoms with van der Waals surface area (Å²) in [5.41, 5.74) is 2.38. The van der Waals surface area contributed by atoms with Crippen LogP contribution in [0.15, 0.2) is 24.3 Å². The van der Waals surface area contributed by atoms with Gasteiger partial charge in [0.1, 0.15) is 5.82 Å². The maximum Gasteiger partial charge on any atom is 0.123 e. The number of fused-ring (bicyclic) bond motifs is 1. The van der Waals surface area contributed by atoms with Gasteiger partial charge in [-0.3, -0.25) is 0 Å². The second-order valence-corrected chi connectivity index (χ2v) is 4.82. The molecule has 3 heteroatoms. The van der Waals surface area contributed by atoms with Crippen molar-refractivity contribution < 1.29 is 0 Å². The molecule has 1 aromatic heterocycles. The molecule has 1 fully saturated rings. The van der Waals surface area contributed by atoms with Crippen molar-refractivity contribution in [2.75, 3.05) is 0 Å². The number of imidazole rings is 1. The largest absolute Gasteiger partial charge is 0.327 e. The van der Waals surface area contributed by atoms with E-state index in [1.807, 2.05) is 0 Å². The summed E-state index contributed by atoms with van der Waals surface area (Å²) in [6.07, 6.45) is 3.80. The first-order valence-electron chi connectivity index (χ1n) is 6.56. The van der Waals surface area contributed by atoms with Crippen LogP contribution >= 0.6 is 0 Å². The van der Waals surface area contributed by atoms with Gasteiger partial charge < -0.3 is 9.88 Å². The van der Waals surface area contributed by atoms with Crippen LogP contribution in [0, 0.1) is 0 Å². The first-order chi connectivity index (χ1) is 8.38. The third kappa shape index (κ3) is 2.20. The van der Waals surface area contributed by atoms with Crippen molar-refractivity contribution in [1.82, 2.24) is 14.9 Å². The molecular formula is C14H19N3. The van der Waals surface area contributed by atoms with Gasteiger partial charge in [0.05, 0.1) is 17.6 Å². The Hall–Kier alpha value is -1.35. The van der Waals surface area contributed by atoms with Gasteiger partial charge >= 0.3 is 0 Å². The Morgan fingerprint density at radius 1 is 1.35 bits per heavy atom. The van der Waals surface area contributed by atoms with Gasteiger partial charge in [-0.1, -0.05) is 19.1 Å². The van der Waals surface area contributed by atoms with E-state index in [0.717, 1.165) is 31.1 Å². The lowest BCUT2D eigenvalue weighted by atomic mass is 10.3. The van der Waals surface area contributed by atoms with E-state index in [9.17, 15) is 0 Å². The van der Waals surface area contributed by atoms with Crippen molar-refractivity contribution in [3.63, 3.8) is 0 Å². The summed E-state index contributed by atoms with van der Waals surface area (Å²) in [4.78, 5) is 4.73. The van der Waals surface area contributed by atoms with Crippen LogP contribution in [0.4, 0.5) is 0 Å². The summed E-state index contributed by atoms with van der Waals surface area (Å²) in [5, 5.41) is 3.55. The molecule has 0 spiro atoms. The van der Waals surface area contributed by atoms with Crippen molar-refractivity contribution >= 4 is 11.0 Å². The number of aryl methyl sites for hydroxylation is 1. The molecule has 1 heterocycles. The lowest BCUT2D eigenvalue weighted by Gasteiger charge is -2.08. The van der Waals surface area contributed by atoms with Gasteiger partial charge in [0.25, 0.3) is 0 Å². The summed E-state index contributed by atoms with van der Waals surface area (Å²) in [6.45, 7) is 4.18. The van der Waals surface area contributed by atoms with Crippen molar-refractivity contribution in [3.05, 3.63) is 30.1 Å². The SMILES string of the molecule is CCCn1c(CNC2CC2)nc2ccccc21. The van der Waals surface area contributed by atoms with E-state index in [1.165, 1.54) is 24.2 Å². The highest BCUT2D eigenvalue weighted by atomic mass is 15.1. The van der Waals surface area contributed by atoms with Crippen LogP contribution in [0.2, 0.25) is 0 Å². The minimum Gasteiger partial charge on any atom is -0.327 e. The third-order valence-corrected chi connectivity index (χ3v) is 3.31. The van der Waals surface area contributed by atoms with Crippen LogP contribution in [0.25, 0.3) is 11.0 Å². The molecule has 3 nitrogen and oxygen atoms in total. The lowest BCUT2D eigenvalue weighted by Crippen LogP contribution is -2.19. The Morgan fingerprint density at radius 3 is 2.94 bits per heavy atom. The molecule has 0 bridgehead atoms. The Bertz CT molecular complexity index is 511. The fraction of sp³-hybridized carbons (Fsp3) is 0.500. The monoisotopic (exact) mass is 229 g/mol. The van der Waals surface area contributed by atoms with Gasteiger partial charge in [0.15, 0.2) is 0 Å². The standard InChI is InChI=1S/C14H19N3/c1-2-9-17-13-6-4-3-5-12(13)16-14(17)10-15-11-7-8-11/h3-6,11,15H,2,7-10H2,1H3. The van der Waals surface area contributed by atoms with Crippen molar-refractivity contribution in [1.29, 1.82) is 0 Å². The first kappa shape index (κ1) is 10.8. The molecule has 0 unspecified atom stereocenters. The summed E-state index contributed by atoms with van der Waals surface area (Å²) < 4.78 is 2.35.